The first-order valence-corrected chi connectivity index (χ1v) is 25.6. The SMILES string of the molecule is CC[Se]C1=C(SCCOC2CCCCO2)[Se]/C(=C2/[Se]C(SCCOC3CCCCO3)=C([Se]CC)[Se]2)[Se]1. The van der Waals surface area contributed by atoms with Crippen LogP contribution in [0, 0.1) is 0 Å². The van der Waals surface area contributed by atoms with Gasteiger partial charge in [-0.2, -0.15) is 0 Å². The average molecular weight is 926 g/mol. The van der Waals surface area contributed by atoms with Gasteiger partial charge in [-0.25, -0.2) is 0 Å². The van der Waals surface area contributed by atoms with E-state index >= 15 is 0 Å². The molecule has 4 nitrogen and oxygen atoms in total. The molecule has 0 radical (unpaired) electrons. The van der Waals surface area contributed by atoms with Crippen LogP contribution < -0.4 is 0 Å². The Morgan fingerprint density at radius 1 is 0.722 bits per heavy atom. The van der Waals surface area contributed by atoms with Gasteiger partial charge < -0.3 is 0 Å². The normalized spacial score (nSPS) is 27.5. The molecule has 0 aromatic heterocycles. The summed E-state index contributed by atoms with van der Waals surface area (Å²) in [6.07, 6.45) is 7.11. The van der Waals surface area contributed by atoms with Crippen LogP contribution in [-0.4, -0.2) is 140 Å². The minimum absolute atomic E-state index is 0.0500. The van der Waals surface area contributed by atoms with Gasteiger partial charge in [0, 0.05) is 0 Å². The summed E-state index contributed by atoms with van der Waals surface area (Å²) in [6, 6.07) is 0. The van der Waals surface area contributed by atoms with E-state index < -0.39 is 0 Å². The standard InChI is InChI=1S/C24H36O4S2Se6/c1-3-31-21-19(29-15-13-27-17-9-5-7-11-25-17)33-23(35-21)24-34-20(22(36-24)32-4-2)30-16-14-28-18-10-6-8-12-26-18/h17-18H,3-16H2,1-2H3/b24-23+. The Bertz CT molecular complexity index is 733. The number of ether oxygens (including phenoxy) is 4. The fourth-order valence-corrected chi connectivity index (χ4v) is 36.6. The van der Waals surface area contributed by atoms with Crippen LogP contribution in [0.3, 0.4) is 0 Å². The molecule has 0 aromatic rings. The molecule has 0 aliphatic carbocycles. The van der Waals surface area contributed by atoms with Crippen molar-refractivity contribution in [3.8, 4) is 0 Å². The van der Waals surface area contributed by atoms with E-state index in [0.29, 0.717) is 89.7 Å². The topological polar surface area (TPSA) is 36.9 Å². The minimum atomic E-state index is 0.0500. The van der Waals surface area contributed by atoms with Gasteiger partial charge in [-0.05, 0) is 0 Å². The van der Waals surface area contributed by atoms with Gasteiger partial charge in [0.15, 0.2) is 0 Å². The third kappa shape index (κ3) is 10.6. The second kappa shape index (κ2) is 18.4. The first-order chi connectivity index (χ1) is 17.8. The van der Waals surface area contributed by atoms with Crippen molar-refractivity contribution in [1.29, 1.82) is 0 Å². The summed E-state index contributed by atoms with van der Waals surface area (Å²) in [5, 5.41) is 2.67. The fraction of sp³-hybridized carbons (Fsp3) is 0.750. The Kier molecular flexibility index (Phi) is 16.3. The molecule has 0 saturated carbocycles. The Morgan fingerprint density at radius 2 is 1.19 bits per heavy atom. The van der Waals surface area contributed by atoms with Crippen LogP contribution in [-0.2, 0) is 18.9 Å². The molecule has 4 aliphatic rings. The van der Waals surface area contributed by atoms with Gasteiger partial charge >= 0.3 is 267 Å². The predicted molar refractivity (Wildman–Crippen MR) is 161 cm³/mol. The number of hydrogen-bond donors (Lipinski definition) is 0. The van der Waals surface area contributed by atoms with Gasteiger partial charge in [0.1, 0.15) is 0 Å². The van der Waals surface area contributed by atoms with Gasteiger partial charge in [0.25, 0.3) is 0 Å². The van der Waals surface area contributed by atoms with Crippen molar-refractivity contribution in [2.45, 2.75) is 75.6 Å². The Hall–Kier alpha value is 2.88. The average Bonchev–Trinajstić information content (AvgIpc) is 3.50. The molecule has 0 bridgehead atoms. The molecule has 12 heteroatoms. The molecule has 2 unspecified atom stereocenters. The second-order valence-electron chi connectivity index (χ2n) is 8.03. The molecular formula is C24H36O4S2Se6. The molecule has 0 spiro atoms. The summed E-state index contributed by atoms with van der Waals surface area (Å²) in [6.45, 7) is 8.14. The van der Waals surface area contributed by atoms with Crippen molar-refractivity contribution in [2.75, 3.05) is 37.9 Å². The van der Waals surface area contributed by atoms with Crippen molar-refractivity contribution < 1.29 is 18.9 Å². The molecule has 36 heavy (non-hydrogen) atoms. The third-order valence-electron chi connectivity index (χ3n) is 5.31. The molecule has 0 amide bonds. The first kappa shape index (κ1) is 31.8. The van der Waals surface area contributed by atoms with Gasteiger partial charge in [0.05, 0.1) is 0 Å². The summed E-state index contributed by atoms with van der Waals surface area (Å²) in [4.78, 5) is 0. The Labute approximate surface area is 263 Å². The molecule has 0 aromatic carbocycles. The van der Waals surface area contributed by atoms with Crippen molar-refractivity contribution in [3.63, 3.8) is 0 Å². The van der Waals surface area contributed by atoms with Crippen LogP contribution in [0.5, 0.6) is 0 Å². The predicted octanol–water partition coefficient (Wildman–Crippen LogP) is 4.05. The summed E-state index contributed by atoms with van der Waals surface area (Å²) in [5.41, 5.74) is 0. The summed E-state index contributed by atoms with van der Waals surface area (Å²) in [5.74, 6) is 2.17. The molecule has 204 valence electrons. The Balaban J connectivity index is 1.25. The van der Waals surface area contributed by atoms with E-state index in [9.17, 15) is 0 Å². The molecule has 0 N–H and O–H groups in total. The van der Waals surface area contributed by atoms with Crippen LogP contribution >= 0.6 is 23.5 Å². The van der Waals surface area contributed by atoms with Crippen LogP contribution in [0.2, 0.25) is 10.6 Å². The van der Waals surface area contributed by atoms with Crippen molar-refractivity contribution in [3.05, 3.63) is 21.1 Å². The van der Waals surface area contributed by atoms with E-state index in [1.165, 1.54) is 36.3 Å². The van der Waals surface area contributed by atoms with Crippen LogP contribution in [0.15, 0.2) is 21.1 Å². The van der Waals surface area contributed by atoms with E-state index in [4.69, 9.17) is 18.9 Å². The second-order valence-corrected chi connectivity index (χ2v) is 30.6. The zero-order chi connectivity index (χ0) is 25.0. The molecule has 2 atom stereocenters. The maximum atomic E-state index is 6.03. The third-order valence-corrected chi connectivity index (χ3v) is 33.5. The molecular weight excluding hydrogens is 890 g/mol. The molecule has 2 fully saturated rings. The van der Waals surface area contributed by atoms with Crippen LogP contribution in [0.25, 0.3) is 0 Å². The van der Waals surface area contributed by atoms with Gasteiger partial charge in [0.2, 0.25) is 0 Å². The van der Waals surface area contributed by atoms with Crippen molar-refractivity contribution in [2.24, 2.45) is 0 Å². The molecule has 4 heterocycles. The molecule has 2 saturated heterocycles. The van der Waals surface area contributed by atoms with E-state index in [0.717, 1.165) is 50.8 Å². The summed E-state index contributed by atoms with van der Waals surface area (Å²) >= 11 is 8.07. The van der Waals surface area contributed by atoms with Gasteiger partial charge in [-0.3, -0.25) is 0 Å². The monoisotopic (exact) mass is 932 g/mol. The van der Waals surface area contributed by atoms with E-state index in [-0.39, 0.29) is 12.6 Å². The van der Waals surface area contributed by atoms with Gasteiger partial charge in [-0.1, -0.05) is 0 Å². The van der Waals surface area contributed by atoms with Crippen molar-refractivity contribution in [1.82, 2.24) is 0 Å². The molecule has 4 aliphatic heterocycles. The zero-order valence-electron chi connectivity index (χ0n) is 21.0. The van der Waals surface area contributed by atoms with E-state index in [1.54, 1.807) is 7.61 Å². The van der Waals surface area contributed by atoms with Crippen LogP contribution in [0.1, 0.15) is 52.4 Å². The van der Waals surface area contributed by atoms with Crippen molar-refractivity contribution >= 4 is 113 Å². The van der Waals surface area contributed by atoms with Crippen LogP contribution in [0.4, 0.5) is 0 Å². The molecule has 4 rings (SSSR count). The summed E-state index contributed by atoms with van der Waals surface area (Å²) < 4.78 is 34.7. The quantitative estimate of drug-likeness (QED) is 0.194. The maximum absolute atomic E-state index is 6.03. The number of rotatable bonds is 14. The van der Waals surface area contributed by atoms with E-state index in [2.05, 4.69) is 37.4 Å². The number of hydrogen-bond acceptors (Lipinski definition) is 6. The first-order valence-electron chi connectivity index (χ1n) is 12.7. The van der Waals surface area contributed by atoms with E-state index in [1.807, 2.05) is 13.5 Å². The Morgan fingerprint density at radius 3 is 1.58 bits per heavy atom. The summed E-state index contributed by atoms with van der Waals surface area (Å²) in [7, 11) is 0. The van der Waals surface area contributed by atoms with Gasteiger partial charge in [-0.15, -0.1) is 0 Å². The fourth-order valence-electron chi connectivity index (χ4n) is 3.64. The zero-order valence-corrected chi connectivity index (χ0v) is 32.9. The number of thioether (sulfide) groups is 2.